The maximum absolute atomic E-state index is 11.8. The van der Waals surface area contributed by atoms with Crippen molar-refractivity contribution in [3.8, 4) is 0 Å². The van der Waals surface area contributed by atoms with Crippen LogP contribution in [0.3, 0.4) is 0 Å². The second kappa shape index (κ2) is 3.32. The van der Waals surface area contributed by atoms with E-state index in [9.17, 15) is 9.59 Å². The molecule has 0 bridgehead atoms. The molecule has 3 nitrogen and oxygen atoms in total. The molecule has 0 saturated heterocycles. The molecule has 1 aromatic rings. The maximum Gasteiger partial charge on any atom is 0.168 e. The molecule has 0 amide bonds. The van der Waals surface area contributed by atoms with Crippen molar-refractivity contribution in [1.29, 1.82) is 0 Å². The number of carbonyl (C=O) groups is 2. The Hall–Kier alpha value is -1.35. The van der Waals surface area contributed by atoms with Crippen LogP contribution in [0.25, 0.3) is 0 Å². The van der Waals surface area contributed by atoms with E-state index in [1.54, 1.807) is 12.1 Å². The molecule has 0 saturated carbocycles. The zero-order chi connectivity index (χ0) is 11.3. The minimum atomic E-state index is 0.0489. The van der Waals surface area contributed by atoms with E-state index in [-0.39, 0.29) is 11.6 Å². The highest BCUT2D eigenvalue weighted by atomic mass is 35.5. The lowest BCUT2D eigenvalue weighted by Crippen LogP contribution is -2.38. The number of ketones is 2. The van der Waals surface area contributed by atoms with Gasteiger partial charge >= 0.3 is 0 Å². The normalized spacial score (nSPS) is 18.7. The molecular formula is C12H10ClNO2. The van der Waals surface area contributed by atoms with Gasteiger partial charge in [-0.3, -0.25) is 9.59 Å². The SMILES string of the molecule is O=C1CCN2CCC(=O)c3c(Cl)ccc1c32. The standard InChI is InChI=1S/C12H10ClNO2/c13-8-2-1-7-9(15)3-5-14-6-4-10(16)11(8)12(7)14/h1-2H,3-6H2. The number of halogens is 1. The van der Waals surface area contributed by atoms with Gasteiger partial charge in [-0.1, -0.05) is 11.6 Å². The number of carbonyl (C=O) groups excluding carboxylic acids is 2. The van der Waals surface area contributed by atoms with Crippen molar-refractivity contribution in [1.82, 2.24) is 0 Å². The van der Waals surface area contributed by atoms with Crippen molar-refractivity contribution in [2.24, 2.45) is 0 Å². The van der Waals surface area contributed by atoms with Gasteiger partial charge in [-0.25, -0.2) is 0 Å². The Morgan fingerprint density at radius 3 is 2.50 bits per heavy atom. The molecule has 82 valence electrons. The van der Waals surface area contributed by atoms with Crippen molar-refractivity contribution in [2.45, 2.75) is 12.8 Å². The van der Waals surface area contributed by atoms with Crippen molar-refractivity contribution in [3.05, 3.63) is 28.3 Å². The molecule has 3 rings (SSSR count). The van der Waals surface area contributed by atoms with Crippen LogP contribution >= 0.6 is 11.6 Å². The van der Waals surface area contributed by atoms with E-state index in [2.05, 4.69) is 4.90 Å². The summed E-state index contributed by atoms with van der Waals surface area (Å²) in [6.45, 7) is 1.40. The molecule has 0 aliphatic carbocycles. The first-order valence-corrected chi connectivity index (χ1v) is 5.70. The fourth-order valence-corrected chi connectivity index (χ4v) is 2.71. The van der Waals surface area contributed by atoms with Gasteiger partial charge in [0.2, 0.25) is 0 Å². The summed E-state index contributed by atoms with van der Waals surface area (Å²) in [5.74, 6) is 0.159. The molecule has 2 heterocycles. The molecule has 0 radical (unpaired) electrons. The molecular weight excluding hydrogens is 226 g/mol. The molecule has 0 fully saturated rings. The van der Waals surface area contributed by atoms with E-state index in [1.807, 2.05) is 0 Å². The van der Waals surface area contributed by atoms with Crippen molar-refractivity contribution >= 4 is 28.9 Å². The topological polar surface area (TPSA) is 37.4 Å². The van der Waals surface area contributed by atoms with E-state index in [0.717, 1.165) is 5.69 Å². The van der Waals surface area contributed by atoms with Crippen molar-refractivity contribution < 1.29 is 9.59 Å². The predicted molar refractivity (Wildman–Crippen MR) is 61.6 cm³/mol. The summed E-state index contributed by atoms with van der Waals surface area (Å²) in [7, 11) is 0. The molecule has 0 aromatic heterocycles. The number of benzene rings is 1. The van der Waals surface area contributed by atoms with Gasteiger partial charge in [0, 0.05) is 31.5 Å². The van der Waals surface area contributed by atoms with E-state index < -0.39 is 0 Å². The lowest BCUT2D eigenvalue weighted by atomic mass is 9.91. The first-order valence-electron chi connectivity index (χ1n) is 5.32. The molecule has 0 unspecified atom stereocenters. The quantitative estimate of drug-likeness (QED) is 0.693. The Bertz CT molecular complexity index is 508. The molecule has 2 aliphatic heterocycles. The number of rotatable bonds is 0. The average molecular weight is 236 g/mol. The average Bonchev–Trinajstić information content (AvgIpc) is 2.27. The Morgan fingerprint density at radius 2 is 1.75 bits per heavy atom. The van der Waals surface area contributed by atoms with Gasteiger partial charge in [0.15, 0.2) is 11.6 Å². The first kappa shape index (κ1) is 9.85. The maximum atomic E-state index is 11.8. The molecule has 16 heavy (non-hydrogen) atoms. The molecule has 2 aliphatic rings. The molecule has 1 aromatic carbocycles. The highest BCUT2D eigenvalue weighted by molar-refractivity contribution is 6.35. The number of anilines is 1. The van der Waals surface area contributed by atoms with Crippen LogP contribution < -0.4 is 4.90 Å². The third-order valence-corrected chi connectivity index (χ3v) is 3.56. The predicted octanol–water partition coefficient (Wildman–Crippen LogP) is 2.32. The summed E-state index contributed by atoms with van der Waals surface area (Å²) in [4.78, 5) is 25.7. The summed E-state index contributed by atoms with van der Waals surface area (Å²) < 4.78 is 0. The minimum Gasteiger partial charge on any atom is -0.369 e. The van der Waals surface area contributed by atoms with Crippen molar-refractivity contribution in [2.75, 3.05) is 18.0 Å². The van der Waals surface area contributed by atoms with Gasteiger partial charge in [0.1, 0.15) is 0 Å². The summed E-state index contributed by atoms with van der Waals surface area (Å²) in [6.07, 6.45) is 1.02. The smallest absolute Gasteiger partial charge is 0.168 e. The molecule has 0 spiro atoms. The summed E-state index contributed by atoms with van der Waals surface area (Å²) >= 11 is 6.04. The van der Waals surface area contributed by atoms with Gasteiger partial charge in [0.05, 0.1) is 16.3 Å². The van der Waals surface area contributed by atoms with Gasteiger partial charge in [-0.2, -0.15) is 0 Å². The number of nitrogens with zero attached hydrogens (tertiary/aromatic N) is 1. The van der Waals surface area contributed by atoms with Crippen LogP contribution in [0.5, 0.6) is 0 Å². The third kappa shape index (κ3) is 1.21. The molecule has 4 heteroatoms. The van der Waals surface area contributed by atoms with Crippen LogP contribution in [-0.2, 0) is 0 Å². The number of hydrogen-bond acceptors (Lipinski definition) is 3. The van der Waals surface area contributed by atoms with Gasteiger partial charge in [-0.15, -0.1) is 0 Å². The van der Waals surface area contributed by atoms with Crippen LogP contribution in [0.2, 0.25) is 5.02 Å². The summed E-state index contributed by atoms with van der Waals surface area (Å²) in [5.41, 5.74) is 1.96. The summed E-state index contributed by atoms with van der Waals surface area (Å²) in [5, 5.41) is 0.461. The highest BCUT2D eigenvalue weighted by Gasteiger charge is 2.32. The number of Topliss-reactive ketones (excluding diaryl/α,β-unsaturated/α-hetero) is 2. The van der Waals surface area contributed by atoms with Crippen LogP contribution in [0.15, 0.2) is 12.1 Å². The second-order valence-electron chi connectivity index (χ2n) is 4.15. The van der Waals surface area contributed by atoms with E-state index in [4.69, 9.17) is 11.6 Å². The van der Waals surface area contributed by atoms with Gasteiger partial charge in [-0.05, 0) is 12.1 Å². The lowest BCUT2D eigenvalue weighted by Gasteiger charge is -2.35. The van der Waals surface area contributed by atoms with E-state index in [0.29, 0.717) is 42.1 Å². The first-order chi connectivity index (χ1) is 7.68. The van der Waals surface area contributed by atoms with Crippen LogP contribution in [0.4, 0.5) is 5.69 Å². The largest absolute Gasteiger partial charge is 0.369 e. The molecule has 0 N–H and O–H groups in total. The Labute approximate surface area is 98.0 Å². The van der Waals surface area contributed by atoms with E-state index >= 15 is 0 Å². The summed E-state index contributed by atoms with van der Waals surface area (Å²) in [6, 6.07) is 3.38. The second-order valence-corrected chi connectivity index (χ2v) is 4.56. The van der Waals surface area contributed by atoms with Gasteiger partial charge < -0.3 is 4.90 Å². The van der Waals surface area contributed by atoms with Crippen LogP contribution in [0.1, 0.15) is 33.6 Å². The Kier molecular flexibility index (Phi) is 2.04. The highest BCUT2D eigenvalue weighted by Crippen LogP contribution is 2.38. The minimum absolute atomic E-state index is 0.0489. The number of hydrogen-bond donors (Lipinski definition) is 0. The third-order valence-electron chi connectivity index (χ3n) is 3.24. The van der Waals surface area contributed by atoms with E-state index in [1.165, 1.54) is 0 Å². The zero-order valence-corrected chi connectivity index (χ0v) is 9.38. The zero-order valence-electron chi connectivity index (χ0n) is 8.62. The monoisotopic (exact) mass is 235 g/mol. The van der Waals surface area contributed by atoms with Crippen molar-refractivity contribution in [3.63, 3.8) is 0 Å². The van der Waals surface area contributed by atoms with Crippen LogP contribution in [0, 0.1) is 0 Å². The lowest BCUT2D eigenvalue weighted by molar-refractivity contribution is 0.0970. The molecule has 0 atom stereocenters. The Balaban J connectivity index is 2.33. The van der Waals surface area contributed by atoms with Gasteiger partial charge in [0.25, 0.3) is 0 Å². The van der Waals surface area contributed by atoms with Crippen LogP contribution in [-0.4, -0.2) is 24.7 Å². The fourth-order valence-electron chi connectivity index (χ4n) is 2.45. The Morgan fingerprint density at radius 1 is 1.06 bits per heavy atom. The fraction of sp³-hybridized carbons (Fsp3) is 0.333.